The summed E-state index contributed by atoms with van der Waals surface area (Å²) in [5.41, 5.74) is 0.551. The standard InChI is InChI=1S/C19H26FN3O2/c20-16-9-5-4-6-14(16)13-23-11-10-21-19(25)17(23)12-18(24)22-15-7-2-1-3-8-15/h4-6,9,15,17H,1-3,7-8,10-13H2,(H,21,25)(H,22,24). The van der Waals surface area contributed by atoms with Crippen molar-refractivity contribution in [2.45, 2.75) is 57.2 Å². The second-order valence-corrected chi connectivity index (χ2v) is 6.98. The van der Waals surface area contributed by atoms with Gasteiger partial charge in [-0.1, -0.05) is 37.5 Å². The Bertz CT molecular complexity index is 616. The van der Waals surface area contributed by atoms with Crippen molar-refractivity contribution in [3.63, 3.8) is 0 Å². The first-order valence-corrected chi connectivity index (χ1v) is 9.18. The van der Waals surface area contributed by atoms with Crippen molar-refractivity contribution < 1.29 is 14.0 Å². The average molecular weight is 347 g/mol. The molecule has 2 amide bonds. The zero-order chi connectivity index (χ0) is 17.6. The molecule has 1 aliphatic heterocycles. The largest absolute Gasteiger partial charge is 0.353 e. The zero-order valence-electron chi connectivity index (χ0n) is 14.5. The highest BCUT2D eigenvalue weighted by Gasteiger charge is 2.32. The number of hydrogen-bond donors (Lipinski definition) is 2. The summed E-state index contributed by atoms with van der Waals surface area (Å²) in [6.07, 6.45) is 5.68. The third-order valence-corrected chi connectivity index (χ3v) is 5.12. The third-order valence-electron chi connectivity index (χ3n) is 5.12. The van der Waals surface area contributed by atoms with Crippen LogP contribution in [-0.2, 0) is 16.1 Å². The van der Waals surface area contributed by atoms with E-state index in [1.165, 1.54) is 12.5 Å². The predicted octanol–water partition coefficient (Wildman–Crippen LogP) is 1.97. The molecule has 1 saturated carbocycles. The Hall–Kier alpha value is -1.95. The van der Waals surface area contributed by atoms with Crippen molar-refractivity contribution >= 4 is 11.8 Å². The number of carbonyl (C=O) groups excluding carboxylic acids is 2. The minimum absolute atomic E-state index is 0.0903. The second-order valence-electron chi connectivity index (χ2n) is 6.98. The quantitative estimate of drug-likeness (QED) is 0.856. The van der Waals surface area contributed by atoms with Gasteiger partial charge in [-0.15, -0.1) is 0 Å². The van der Waals surface area contributed by atoms with Crippen LogP contribution in [0.3, 0.4) is 0 Å². The minimum Gasteiger partial charge on any atom is -0.353 e. The van der Waals surface area contributed by atoms with Gasteiger partial charge in [0.25, 0.3) is 0 Å². The number of halogens is 1. The summed E-state index contributed by atoms with van der Waals surface area (Å²) in [6.45, 7) is 1.47. The van der Waals surface area contributed by atoms with Crippen LogP contribution < -0.4 is 10.6 Å². The highest BCUT2D eigenvalue weighted by Crippen LogP contribution is 2.19. The number of piperazine rings is 1. The Morgan fingerprint density at radius 2 is 2.00 bits per heavy atom. The molecule has 1 heterocycles. The van der Waals surface area contributed by atoms with E-state index in [9.17, 15) is 14.0 Å². The lowest BCUT2D eigenvalue weighted by Gasteiger charge is -2.35. The SMILES string of the molecule is O=C(CC1C(=O)NCCN1Cc1ccccc1F)NC1CCCCC1. The Balaban J connectivity index is 1.62. The molecule has 0 aromatic heterocycles. The molecule has 1 aliphatic carbocycles. The predicted molar refractivity (Wildman–Crippen MR) is 93.2 cm³/mol. The molecule has 1 aromatic carbocycles. The molecule has 6 heteroatoms. The van der Waals surface area contributed by atoms with E-state index in [1.807, 2.05) is 4.90 Å². The first-order chi connectivity index (χ1) is 12.1. The molecule has 0 bridgehead atoms. The normalized spacial score (nSPS) is 22.4. The molecule has 1 saturated heterocycles. The van der Waals surface area contributed by atoms with Gasteiger partial charge < -0.3 is 10.6 Å². The first-order valence-electron chi connectivity index (χ1n) is 9.18. The molecule has 2 N–H and O–H groups in total. The molecule has 0 radical (unpaired) electrons. The van der Waals surface area contributed by atoms with Gasteiger partial charge in [-0.25, -0.2) is 4.39 Å². The van der Waals surface area contributed by atoms with Crippen LogP contribution in [0.2, 0.25) is 0 Å². The molecule has 25 heavy (non-hydrogen) atoms. The van der Waals surface area contributed by atoms with Crippen molar-refractivity contribution in [1.82, 2.24) is 15.5 Å². The van der Waals surface area contributed by atoms with Gasteiger partial charge in [-0.3, -0.25) is 14.5 Å². The fourth-order valence-corrected chi connectivity index (χ4v) is 3.73. The van der Waals surface area contributed by atoms with Gasteiger partial charge in [0.1, 0.15) is 5.82 Å². The van der Waals surface area contributed by atoms with Crippen LogP contribution in [0.5, 0.6) is 0 Å². The van der Waals surface area contributed by atoms with E-state index in [1.54, 1.807) is 18.2 Å². The van der Waals surface area contributed by atoms with Crippen molar-refractivity contribution in [2.24, 2.45) is 0 Å². The molecule has 2 fully saturated rings. The number of nitrogens with one attached hydrogen (secondary N) is 2. The van der Waals surface area contributed by atoms with Crippen LogP contribution in [0.4, 0.5) is 4.39 Å². The molecular weight excluding hydrogens is 321 g/mol. The Kier molecular flexibility index (Phi) is 6.02. The lowest BCUT2D eigenvalue weighted by molar-refractivity contribution is -0.134. The Morgan fingerprint density at radius 1 is 1.24 bits per heavy atom. The molecule has 1 atom stereocenters. The molecule has 3 rings (SSSR count). The van der Waals surface area contributed by atoms with Crippen molar-refractivity contribution in [3.05, 3.63) is 35.6 Å². The van der Waals surface area contributed by atoms with Gasteiger partial charge in [0, 0.05) is 31.2 Å². The monoisotopic (exact) mass is 347 g/mol. The molecule has 2 aliphatic rings. The summed E-state index contributed by atoms with van der Waals surface area (Å²) >= 11 is 0. The van der Waals surface area contributed by atoms with Gasteiger partial charge in [0.15, 0.2) is 0 Å². The van der Waals surface area contributed by atoms with E-state index in [0.29, 0.717) is 25.2 Å². The number of benzene rings is 1. The lowest BCUT2D eigenvalue weighted by Crippen LogP contribution is -2.56. The van der Waals surface area contributed by atoms with Gasteiger partial charge >= 0.3 is 0 Å². The molecule has 136 valence electrons. The summed E-state index contributed by atoms with van der Waals surface area (Å²) in [5.74, 6) is -0.521. The van der Waals surface area contributed by atoms with Crippen LogP contribution >= 0.6 is 0 Å². The summed E-state index contributed by atoms with van der Waals surface area (Å²) in [5, 5.41) is 5.88. The third kappa shape index (κ3) is 4.78. The van der Waals surface area contributed by atoms with Crippen molar-refractivity contribution in [1.29, 1.82) is 0 Å². The maximum Gasteiger partial charge on any atom is 0.237 e. The van der Waals surface area contributed by atoms with E-state index < -0.39 is 6.04 Å². The lowest BCUT2D eigenvalue weighted by atomic mass is 9.95. The smallest absolute Gasteiger partial charge is 0.237 e. The van der Waals surface area contributed by atoms with Gasteiger partial charge in [-0.2, -0.15) is 0 Å². The fraction of sp³-hybridized carbons (Fsp3) is 0.579. The maximum absolute atomic E-state index is 13.9. The molecule has 0 spiro atoms. The topological polar surface area (TPSA) is 61.4 Å². The van der Waals surface area contributed by atoms with Crippen LogP contribution in [0, 0.1) is 5.82 Å². The average Bonchev–Trinajstić information content (AvgIpc) is 2.61. The van der Waals surface area contributed by atoms with Crippen LogP contribution in [0.15, 0.2) is 24.3 Å². The van der Waals surface area contributed by atoms with E-state index >= 15 is 0 Å². The second kappa shape index (κ2) is 8.43. The zero-order valence-corrected chi connectivity index (χ0v) is 14.5. The van der Waals surface area contributed by atoms with E-state index in [-0.39, 0.29) is 30.1 Å². The number of amides is 2. The van der Waals surface area contributed by atoms with Crippen LogP contribution in [0.25, 0.3) is 0 Å². The summed E-state index contributed by atoms with van der Waals surface area (Å²) < 4.78 is 13.9. The van der Waals surface area contributed by atoms with Crippen molar-refractivity contribution in [3.8, 4) is 0 Å². The first kappa shape index (κ1) is 17.9. The van der Waals surface area contributed by atoms with E-state index in [0.717, 1.165) is 25.7 Å². The number of carbonyl (C=O) groups is 2. The van der Waals surface area contributed by atoms with E-state index in [2.05, 4.69) is 10.6 Å². The van der Waals surface area contributed by atoms with E-state index in [4.69, 9.17) is 0 Å². The summed E-state index contributed by atoms with van der Waals surface area (Å²) in [4.78, 5) is 26.6. The molecular formula is C19H26FN3O2. The number of hydrogen-bond acceptors (Lipinski definition) is 3. The fourth-order valence-electron chi connectivity index (χ4n) is 3.73. The van der Waals surface area contributed by atoms with Gasteiger partial charge in [0.2, 0.25) is 11.8 Å². The molecule has 1 aromatic rings. The minimum atomic E-state index is -0.544. The number of nitrogens with zero attached hydrogens (tertiary/aromatic N) is 1. The van der Waals surface area contributed by atoms with Crippen molar-refractivity contribution in [2.75, 3.05) is 13.1 Å². The number of rotatable bonds is 5. The highest BCUT2D eigenvalue weighted by atomic mass is 19.1. The highest BCUT2D eigenvalue weighted by molar-refractivity contribution is 5.88. The molecule has 1 unspecified atom stereocenters. The summed E-state index contributed by atoms with van der Waals surface area (Å²) in [7, 11) is 0. The Labute approximate surface area is 148 Å². The Morgan fingerprint density at radius 3 is 2.76 bits per heavy atom. The maximum atomic E-state index is 13.9. The van der Waals surface area contributed by atoms with Gasteiger partial charge in [-0.05, 0) is 18.9 Å². The summed E-state index contributed by atoms with van der Waals surface area (Å²) in [6, 6.07) is 6.26. The van der Waals surface area contributed by atoms with Crippen LogP contribution in [0.1, 0.15) is 44.1 Å². The molecule has 5 nitrogen and oxygen atoms in total. The van der Waals surface area contributed by atoms with Gasteiger partial charge in [0.05, 0.1) is 12.5 Å². The van der Waals surface area contributed by atoms with Crippen LogP contribution in [-0.4, -0.2) is 41.9 Å².